The number of hydrogen-bond donors (Lipinski definition) is 4. The summed E-state index contributed by atoms with van der Waals surface area (Å²) >= 11 is 9.08. The number of nitrogens with two attached hydrogens (primary N) is 1. The molecule has 0 fully saturated rings. The van der Waals surface area contributed by atoms with Gasteiger partial charge in [-0.1, -0.05) is 17.7 Å². The first-order valence-electron chi connectivity index (χ1n) is 3.86. The van der Waals surface area contributed by atoms with E-state index in [-0.39, 0.29) is 0 Å². The molecular formula is C8H8BrClN4O. The van der Waals surface area contributed by atoms with Gasteiger partial charge >= 0.3 is 6.03 Å². The van der Waals surface area contributed by atoms with Crippen LogP contribution in [-0.4, -0.2) is 12.0 Å². The van der Waals surface area contributed by atoms with Gasteiger partial charge in [0, 0.05) is 4.47 Å². The average Bonchev–Trinajstić information content (AvgIpc) is 2.10. The van der Waals surface area contributed by atoms with E-state index in [0.717, 1.165) is 0 Å². The first kappa shape index (κ1) is 11.8. The predicted molar refractivity (Wildman–Crippen MR) is 63.2 cm³/mol. The summed E-state index contributed by atoms with van der Waals surface area (Å²) in [4.78, 5) is 11.2. The summed E-state index contributed by atoms with van der Waals surface area (Å²) in [5.74, 6) is -0.435. The lowest BCUT2D eigenvalue weighted by molar-refractivity contribution is 0.256. The number of carbonyl (C=O) groups is 1. The van der Waals surface area contributed by atoms with Crippen molar-refractivity contribution >= 4 is 45.2 Å². The first-order chi connectivity index (χ1) is 7.00. The highest BCUT2D eigenvalue weighted by molar-refractivity contribution is 9.10. The highest BCUT2D eigenvalue weighted by Crippen LogP contribution is 2.29. The molecule has 1 rings (SSSR count). The van der Waals surface area contributed by atoms with E-state index < -0.39 is 12.0 Å². The highest BCUT2D eigenvalue weighted by Gasteiger charge is 2.08. The molecule has 0 radical (unpaired) electrons. The Morgan fingerprint density at radius 2 is 2.20 bits per heavy atom. The van der Waals surface area contributed by atoms with E-state index in [0.29, 0.717) is 15.2 Å². The van der Waals surface area contributed by atoms with Crippen LogP contribution in [0.5, 0.6) is 0 Å². The molecule has 0 unspecified atom stereocenters. The third-order valence-electron chi connectivity index (χ3n) is 1.45. The molecule has 0 saturated carbocycles. The standard InChI is InChI=1S/C8H8BrClN4O/c9-4-2-1-3-5(10)6(4)13-8(15)14-7(11)12/h1-3H,(H5,11,12,13,14,15). The molecule has 1 aromatic rings. The number of para-hydroxylation sites is 1. The maximum absolute atomic E-state index is 11.2. The van der Waals surface area contributed by atoms with E-state index in [4.69, 9.17) is 22.7 Å². The van der Waals surface area contributed by atoms with Crippen LogP contribution in [0.2, 0.25) is 5.02 Å². The number of urea groups is 1. The summed E-state index contributed by atoms with van der Waals surface area (Å²) in [7, 11) is 0. The fourth-order valence-electron chi connectivity index (χ4n) is 0.884. The van der Waals surface area contributed by atoms with E-state index in [1.54, 1.807) is 18.2 Å². The largest absolute Gasteiger partial charge is 0.370 e. The van der Waals surface area contributed by atoms with Gasteiger partial charge in [-0.2, -0.15) is 0 Å². The van der Waals surface area contributed by atoms with Gasteiger partial charge in [0.05, 0.1) is 10.7 Å². The summed E-state index contributed by atoms with van der Waals surface area (Å²) < 4.78 is 0.647. The second kappa shape index (κ2) is 4.99. The minimum atomic E-state index is -0.615. The molecule has 7 heteroatoms. The second-order valence-corrected chi connectivity index (χ2v) is 3.85. The molecule has 0 heterocycles. The van der Waals surface area contributed by atoms with Gasteiger partial charge < -0.3 is 11.1 Å². The van der Waals surface area contributed by atoms with Crippen LogP contribution in [-0.2, 0) is 0 Å². The van der Waals surface area contributed by atoms with Crippen molar-refractivity contribution in [3.05, 3.63) is 27.7 Å². The van der Waals surface area contributed by atoms with Gasteiger partial charge in [0.25, 0.3) is 0 Å². The molecule has 0 aliphatic rings. The van der Waals surface area contributed by atoms with Gasteiger partial charge in [-0.15, -0.1) is 0 Å². The van der Waals surface area contributed by atoms with Crippen molar-refractivity contribution in [2.45, 2.75) is 0 Å². The van der Waals surface area contributed by atoms with Gasteiger partial charge in [-0.05, 0) is 28.1 Å². The van der Waals surface area contributed by atoms with Gasteiger partial charge in [0.15, 0.2) is 5.96 Å². The van der Waals surface area contributed by atoms with Crippen molar-refractivity contribution in [3.8, 4) is 0 Å². The Labute approximate surface area is 99.6 Å². The van der Waals surface area contributed by atoms with Crippen molar-refractivity contribution in [2.75, 3.05) is 5.32 Å². The molecule has 5 N–H and O–H groups in total. The summed E-state index contributed by atoms with van der Waals surface area (Å²) in [6, 6.07) is 4.49. The van der Waals surface area contributed by atoms with Crippen LogP contribution in [0, 0.1) is 5.41 Å². The van der Waals surface area contributed by atoms with Crippen LogP contribution in [0.3, 0.4) is 0 Å². The number of anilines is 1. The number of rotatable bonds is 1. The lowest BCUT2D eigenvalue weighted by Gasteiger charge is -2.09. The molecule has 0 saturated heterocycles. The van der Waals surface area contributed by atoms with Crippen LogP contribution >= 0.6 is 27.5 Å². The number of guanidine groups is 1. The lowest BCUT2D eigenvalue weighted by Crippen LogP contribution is -2.38. The quantitative estimate of drug-likeness (QED) is 0.471. The first-order valence-corrected chi connectivity index (χ1v) is 5.04. The minimum absolute atomic E-state index is 0.392. The fraction of sp³-hybridized carbons (Fsp3) is 0. The topological polar surface area (TPSA) is 91.0 Å². The summed E-state index contributed by atoms with van der Waals surface area (Å²) in [5.41, 5.74) is 5.42. The Morgan fingerprint density at radius 3 is 2.73 bits per heavy atom. The minimum Gasteiger partial charge on any atom is -0.370 e. The molecule has 0 atom stereocenters. The second-order valence-electron chi connectivity index (χ2n) is 2.59. The fourth-order valence-corrected chi connectivity index (χ4v) is 1.69. The normalized spacial score (nSPS) is 9.47. The van der Waals surface area contributed by atoms with Crippen molar-refractivity contribution in [3.63, 3.8) is 0 Å². The molecule has 80 valence electrons. The molecule has 0 aromatic heterocycles. The van der Waals surface area contributed by atoms with E-state index in [1.807, 2.05) is 0 Å². The third kappa shape index (κ3) is 3.41. The van der Waals surface area contributed by atoms with E-state index >= 15 is 0 Å². The zero-order chi connectivity index (χ0) is 11.4. The zero-order valence-electron chi connectivity index (χ0n) is 7.47. The van der Waals surface area contributed by atoms with E-state index in [9.17, 15) is 4.79 Å². The Balaban J connectivity index is 2.80. The number of amides is 2. The van der Waals surface area contributed by atoms with Crippen LogP contribution < -0.4 is 16.4 Å². The average molecular weight is 292 g/mol. The highest BCUT2D eigenvalue weighted by atomic mass is 79.9. The molecule has 0 bridgehead atoms. The van der Waals surface area contributed by atoms with Crippen molar-refractivity contribution in [2.24, 2.45) is 5.73 Å². The summed E-state index contributed by atoms with van der Waals surface area (Å²) in [5, 5.41) is 11.8. The zero-order valence-corrected chi connectivity index (χ0v) is 9.82. The number of carbonyl (C=O) groups excluding carboxylic acids is 1. The Bertz CT molecular complexity index is 389. The van der Waals surface area contributed by atoms with Gasteiger partial charge in [-0.25, -0.2) is 4.79 Å². The lowest BCUT2D eigenvalue weighted by atomic mass is 10.3. The van der Waals surface area contributed by atoms with Crippen molar-refractivity contribution < 1.29 is 4.79 Å². The molecule has 0 spiro atoms. The van der Waals surface area contributed by atoms with Gasteiger partial charge in [0.2, 0.25) is 0 Å². The number of hydrogen-bond acceptors (Lipinski definition) is 2. The summed E-state index contributed by atoms with van der Waals surface area (Å²) in [6.07, 6.45) is 0. The number of benzene rings is 1. The van der Waals surface area contributed by atoms with Crippen molar-refractivity contribution in [1.29, 1.82) is 5.41 Å². The smallest absolute Gasteiger partial charge is 0.326 e. The number of halogens is 2. The molecule has 2 amide bonds. The third-order valence-corrected chi connectivity index (χ3v) is 2.43. The SMILES string of the molecule is N=C(N)NC(=O)Nc1c(Cl)cccc1Br. The van der Waals surface area contributed by atoms with Crippen LogP contribution in [0.4, 0.5) is 10.5 Å². The molecule has 0 aliphatic heterocycles. The van der Waals surface area contributed by atoms with Crippen LogP contribution in [0.25, 0.3) is 0 Å². The van der Waals surface area contributed by atoms with Crippen LogP contribution in [0.1, 0.15) is 0 Å². The maximum Gasteiger partial charge on any atom is 0.326 e. The Hall–Kier alpha value is -1.27. The van der Waals surface area contributed by atoms with E-state index in [2.05, 4.69) is 26.6 Å². The van der Waals surface area contributed by atoms with E-state index in [1.165, 1.54) is 0 Å². The number of nitrogens with one attached hydrogen (secondary N) is 3. The molecular weight excluding hydrogens is 283 g/mol. The monoisotopic (exact) mass is 290 g/mol. The Morgan fingerprint density at radius 1 is 1.53 bits per heavy atom. The maximum atomic E-state index is 11.2. The molecule has 15 heavy (non-hydrogen) atoms. The molecule has 1 aromatic carbocycles. The van der Waals surface area contributed by atoms with Crippen molar-refractivity contribution in [1.82, 2.24) is 5.32 Å². The Kier molecular flexibility index (Phi) is 3.93. The molecule has 0 aliphatic carbocycles. The predicted octanol–water partition coefficient (Wildman–Crippen LogP) is 2.12. The van der Waals surface area contributed by atoms with Gasteiger partial charge in [0.1, 0.15) is 0 Å². The van der Waals surface area contributed by atoms with Crippen LogP contribution in [0.15, 0.2) is 22.7 Å². The molecule has 5 nitrogen and oxygen atoms in total. The van der Waals surface area contributed by atoms with Gasteiger partial charge in [-0.3, -0.25) is 10.7 Å². The summed E-state index contributed by atoms with van der Waals surface area (Å²) in [6.45, 7) is 0.